The number of rotatable bonds is 4. The third-order valence-corrected chi connectivity index (χ3v) is 3.64. The molecule has 1 heteroatoms. The average molecular weight is 262 g/mol. The smallest absolute Gasteiger partial charge is 0.00463 e. The van der Waals surface area contributed by atoms with Crippen LogP contribution in [-0.4, -0.2) is 0 Å². The Hall–Kier alpha value is -0.690. The van der Waals surface area contributed by atoms with Gasteiger partial charge in [0.1, 0.15) is 0 Å². The predicted molar refractivity (Wildman–Crippen MR) is 86.7 cm³/mol. The van der Waals surface area contributed by atoms with Gasteiger partial charge in [-0.05, 0) is 40.0 Å². The van der Waals surface area contributed by atoms with Gasteiger partial charge in [-0.25, -0.2) is 0 Å². The minimum absolute atomic E-state index is 0.500. The van der Waals surface area contributed by atoms with Crippen LogP contribution in [0.15, 0.2) is 18.7 Å². The molecule has 0 amide bonds. The molecule has 0 fully saturated rings. The Kier molecular flexibility index (Phi) is 5.10. The van der Waals surface area contributed by atoms with Crippen molar-refractivity contribution in [2.45, 2.75) is 59.3 Å². The summed E-state index contributed by atoms with van der Waals surface area (Å²) in [6.07, 6.45) is 0. The molecular weight excluding hydrogens is 236 g/mol. The monoisotopic (exact) mass is 262 g/mol. The Bertz CT molecular complexity index is 410. The lowest BCUT2D eigenvalue weighted by molar-refractivity contribution is 0.800. The molecule has 0 bridgehead atoms. The van der Waals surface area contributed by atoms with Crippen LogP contribution >= 0.6 is 12.6 Å². The van der Waals surface area contributed by atoms with E-state index in [1.54, 1.807) is 0 Å². The van der Waals surface area contributed by atoms with Crippen LogP contribution in [0.4, 0.5) is 0 Å². The highest BCUT2D eigenvalue weighted by molar-refractivity contribution is 7.90. The maximum atomic E-state index is 4.51. The normalized spacial score (nSPS) is 11.7. The van der Waals surface area contributed by atoms with Gasteiger partial charge >= 0.3 is 0 Å². The van der Waals surface area contributed by atoms with Gasteiger partial charge in [-0.2, -0.15) is 0 Å². The van der Waals surface area contributed by atoms with Crippen LogP contribution in [0.3, 0.4) is 0 Å². The minimum Gasteiger partial charge on any atom is -0.143 e. The zero-order chi connectivity index (χ0) is 14.0. The molecule has 18 heavy (non-hydrogen) atoms. The fourth-order valence-corrected chi connectivity index (χ4v) is 2.55. The van der Waals surface area contributed by atoms with E-state index < -0.39 is 0 Å². The molecule has 0 unspecified atom stereocenters. The molecule has 0 aliphatic rings. The van der Waals surface area contributed by atoms with Crippen molar-refractivity contribution in [2.75, 3.05) is 0 Å². The summed E-state index contributed by atoms with van der Waals surface area (Å²) in [6, 6.07) is 4.66. The standard InChI is InChI=1S/C17H26S/c1-10(2)14-8-15(11(3)4)17(13(7)18)16(9-14)12(5)6/h8-12,18H,7H2,1-6H3. The van der Waals surface area contributed by atoms with Gasteiger partial charge in [0.15, 0.2) is 0 Å². The first-order valence-corrected chi connectivity index (χ1v) is 7.26. The molecule has 0 saturated carbocycles. The van der Waals surface area contributed by atoms with E-state index in [9.17, 15) is 0 Å². The maximum absolute atomic E-state index is 4.51. The van der Waals surface area contributed by atoms with Gasteiger partial charge in [0.25, 0.3) is 0 Å². The molecule has 0 saturated heterocycles. The number of benzene rings is 1. The molecule has 0 N–H and O–H groups in total. The molecule has 0 aliphatic carbocycles. The van der Waals surface area contributed by atoms with Gasteiger partial charge in [-0.3, -0.25) is 0 Å². The zero-order valence-electron chi connectivity index (χ0n) is 12.5. The van der Waals surface area contributed by atoms with E-state index in [-0.39, 0.29) is 0 Å². The van der Waals surface area contributed by atoms with Crippen LogP contribution in [0.25, 0.3) is 4.91 Å². The topological polar surface area (TPSA) is 0 Å². The Balaban J connectivity index is 3.60. The molecule has 1 aromatic carbocycles. The highest BCUT2D eigenvalue weighted by Gasteiger charge is 2.17. The second-order valence-electron chi connectivity index (χ2n) is 5.99. The lowest BCUT2D eigenvalue weighted by Gasteiger charge is -2.22. The summed E-state index contributed by atoms with van der Waals surface area (Å²) in [5, 5.41) is 0. The van der Waals surface area contributed by atoms with Crippen LogP contribution in [0.1, 0.15) is 81.5 Å². The fourth-order valence-electron chi connectivity index (χ4n) is 2.29. The first-order chi connectivity index (χ1) is 8.25. The van der Waals surface area contributed by atoms with Crippen molar-refractivity contribution >= 4 is 17.5 Å². The molecule has 0 nitrogen and oxygen atoms in total. The van der Waals surface area contributed by atoms with E-state index in [1.165, 1.54) is 22.3 Å². The fraction of sp³-hybridized carbons (Fsp3) is 0.529. The average Bonchev–Trinajstić information content (AvgIpc) is 2.26. The molecule has 0 radical (unpaired) electrons. The molecule has 0 spiro atoms. The Morgan fingerprint density at radius 3 is 1.50 bits per heavy atom. The summed E-state index contributed by atoms with van der Waals surface area (Å²) >= 11 is 4.51. The van der Waals surface area contributed by atoms with Crippen molar-refractivity contribution in [3.05, 3.63) is 41.0 Å². The van der Waals surface area contributed by atoms with Crippen LogP contribution in [0.5, 0.6) is 0 Å². The number of thiol groups is 1. The van der Waals surface area contributed by atoms with Crippen molar-refractivity contribution in [2.24, 2.45) is 0 Å². The lowest BCUT2D eigenvalue weighted by atomic mass is 9.84. The molecule has 100 valence electrons. The Morgan fingerprint density at radius 2 is 1.28 bits per heavy atom. The van der Waals surface area contributed by atoms with E-state index in [0.717, 1.165) is 4.91 Å². The van der Waals surface area contributed by atoms with Crippen molar-refractivity contribution in [1.29, 1.82) is 0 Å². The van der Waals surface area contributed by atoms with Gasteiger partial charge in [-0.15, -0.1) is 12.6 Å². The van der Waals surface area contributed by atoms with Gasteiger partial charge in [0.05, 0.1) is 0 Å². The van der Waals surface area contributed by atoms with Crippen molar-refractivity contribution in [3.63, 3.8) is 0 Å². The van der Waals surface area contributed by atoms with Crippen molar-refractivity contribution in [1.82, 2.24) is 0 Å². The van der Waals surface area contributed by atoms with E-state index in [4.69, 9.17) is 0 Å². The number of hydrogen-bond donors (Lipinski definition) is 1. The largest absolute Gasteiger partial charge is 0.143 e. The van der Waals surface area contributed by atoms with E-state index in [0.29, 0.717) is 17.8 Å². The van der Waals surface area contributed by atoms with Gasteiger partial charge < -0.3 is 0 Å². The van der Waals surface area contributed by atoms with Crippen LogP contribution in [0.2, 0.25) is 0 Å². The molecule has 0 atom stereocenters. The summed E-state index contributed by atoms with van der Waals surface area (Å²) in [5.74, 6) is 1.56. The SMILES string of the molecule is C=C(S)c1c(C(C)C)cc(C(C)C)cc1C(C)C. The van der Waals surface area contributed by atoms with Gasteiger partial charge in [0.2, 0.25) is 0 Å². The lowest BCUT2D eigenvalue weighted by Crippen LogP contribution is -2.04. The summed E-state index contributed by atoms with van der Waals surface area (Å²) in [7, 11) is 0. The van der Waals surface area contributed by atoms with Gasteiger partial charge in [-0.1, -0.05) is 60.3 Å². The third-order valence-electron chi connectivity index (χ3n) is 3.42. The maximum Gasteiger partial charge on any atom is 0.00463 e. The van der Waals surface area contributed by atoms with Crippen LogP contribution in [0, 0.1) is 0 Å². The van der Waals surface area contributed by atoms with Crippen LogP contribution in [-0.2, 0) is 0 Å². The van der Waals surface area contributed by atoms with E-state index in [2.05, 4.69) is 72.9 Å². The quantitative estimate of drug-likeness (QED) is 0.636. The summed E-state index contributed by atoms with van der Waals surface area (Å²) in [6.45, 7) is 17.5. The zero-order valence-corrected chi connectivity index (χ0v) is 13.4. The van der Waals surface area contributed by atoms with Crippen molar-refractivity contribution < 1.29 is 0 Å². The Labute approximate surface area is 118 Å². The highest BCUT2D eigenvalue weighted by Crippen LogP contribution is 2.36. The minimum atomic E-state index is 0.500. The second-order valence-corrected chi connectivity index (χ2v) is 6.52. The predicted octanol–water partition coefficient (Wildman–Crippen LogP) is 5.96. The molecule has 0 heterocycles. The third kappa shape index (κ3) is 3.20. The summed E-state index contributed by atoms with van der Waals surface area (Å²) in [4.78, 5) is 0.887. The molecule has 1 aromatic rings. The first kappa shape index (κ1) is 15.4. The van der Waals surface area contributed by atoms with Crippen LogP contribution < -0.4 is 0 Å². The molecular formula is C17H26S. The summed E-state index contributed by atoms with van der Waals surface area (Å²) < 4.78 is 0. The summed E-state index contributed by atoms with van der Waals surface area (Å²) in [5.41, 5.74) is 5.43. The molecule has 0 aromatic heterocycles. The highest BCUT2D eigenvalue weighted by atomic mass is 32.1. The first-order valence-electron chi connectivity index (χ1n) is 6.81. The molecule has 1 rings (SSSR count). The van der Waals surface area contributed by atoms with E-state index >= 15 is 0 Å². The van der Waals surface area contributed by atoms with Crippen molar-refractivity contribution in [3.8, 4) is 0 Å². The van der Waals surface area contributed by atoms with E-state index in [1.807, 2.05) is 0 Å². The molecule has 0 aliphatic heterocycles. The number of hydrogen-bond acceptors (Lipinski definition) is 1. The second kappa shape index (κ2) is 5.97. The van der Waals surface area contributed by atoms with Gasteiger partial charge in [0, 0.05) is 4.91 Å². The Morgan fingerprint density at radius 1 is 0.889 bits per heavy atom.